The molecule has 8 aromatic heterocycles. The lowest BCUT2D eigenvalue weighted by atomic mass is 9.82. The molecule has 14 heteroatoms. The Hall–Kier alpha value is -16.7. The molecule has 143 heavy (non-hydrogen) atoms. The summed E-state index contributed by atoms with van der Waals surface area (Å²) in [5, 5.41) is 20.4. The van der Waals surface area contributed by atoms with Crippen LogP contribution in [-0.2, 0) is 5.41 Å². The van der Waals surface area contributed by atoms with E-state index in [4.69, 9.17) is 34.3 Å². The predicted molar refractivity (Wildman–Crippen MR) is 606 cm³/mol. The maximum atomic E-state index is 6.37. The van der Waals surface area contributed by atoms with Crippen LogP contribution in [0.1, 0.15) is 25.0 Å². The van der Waals surface area contributed by atoms with Crippen LogP contribution in [0.3, 0.4) is 0 Å². The fourth-order valence-corrected chi connectivity index (χ4v) is 34.0. The summed E-state index contributed by atoms with van der Waals surface area (Å²) in [6.45, 7) is 19.2. The minimum atomic E-state index is -2.06. The summed E-state index contributed by atoms with van der Waals surface area (Å²) in [7, 11) is -6.13. The molecule has 0 unspecified atom stereocenters. The summed E-state index contributed by atoms with van der Waals surface area (Å²) in [6.07, 6.45) is 0. The minimum Gasteiger partial charge on any atom is -0.456 e. The van der Waals surface area contributed by atoms with Crippen molar-refractivity contribution in [3.05, 3.63) is 430 Å². The number of furan rings is 1. The molecular weight excluding hydrogens is 1810 g/mol. The van der Waals surface area contributed by atoms with Crippen LogP contribution in [-0.4, -0.2) is 67.8 Å². The van der Waals surface area contributed by atoms with Crippen LogP contribution < -0.4 is 31.5 Å². The Kier molecular flexibility index (Phi) is 18.8. The number of hydrogen-bond acceptors (Lipinski definition) is 8. The van der Waals surface area contributed by atoms with Crippen LogP contribution in [0.4, 0.5) is 0 Å². The van der Waals surface area contributed by atoms with E-state index in [2.05, 4.69) is 455 Å². The molecule has 0 N–H and O–H groups in total. The molecule has 0 fully saturated rings. The van der Waals surface area contributed by atoms with Gasteiger partial charge >= 0.3 is 0 Å². The van der Waals surface area contributed by atoms with Crippen molar-refractivity contribution in [2.45, 2.75) is 58.5 Å². The Bertz CT molecular complexity index is 9500. The smallest absolute Gasteiger partial charge is 0.159 e. The van der Waals surface area contributed by atoms with Gasteiger partial charge in [0.05, 0.1) is 50.2 Å². The molecule has 4 aliphatic rings. The SMILES string of the molecule is CC1(C)c2ccccc2-c2cc3c4ccccc4n(-c4ccc(-c5nc(-c6ccccc6)nc6c5-c5ccccc5[Si]6(C)C)cc4)c3cc21.C[Si]1(C)c2ccccc2-c2c(-c3cccc(-n4c5ccccc5c5cc6c(cc54)oc4ccccc46)c3)nc(-c3ccccc3)nc21.C[Si]1(C)c2ccccc2-c2c(-c3cccc(-n4c5ccccc5c5cc6c(cc54)sc4ccccc46)c3)nc(-c3ccccc3)nc21. The normalized spacial score (nSPS) is 14.0. The van der Waals surface area contributed by atoms with Gasteiger partial charge < -0.3 is 18.1 Å². The van der Waals surface area contributed by atoms with Crippen molar-refractivity contribution in [3.8, 4) is 130 Å². The van der Waals surface area contributed by atoms with E-state index in [0.29, 0.717) is 0 Å². The van der Waals surface area contributed by atoms with E-state index >= 15 is 0 Å². The Morgan fingerprint density at radius 2 is 0.608 bits per heavy atom. The van der Waals surface area contributed by atoms with E-state index in [0.717, 1.165) is 118 Å². The number of aromatic nitrogens is 9. The van der Waals surface area contributed by atoms with Gasteiger partial charge in [0.25, 0.3) is 0 Å². The molecule has 10 nitrogen and oxygen atoms in total. The second-order valence-electron chi connectivity index (χ2n) is 40.7. The highest BCUT2D eigenvalue weighted by Gasteiger charge is 2.46. The number of rotatable bonds is 9. The highest BCUT2D eigenvalue weighted by molar-refractivity contribution is 7.26. The van der Waals surface area contributed by atoms with Crippen LogP contribution >= 0.6 is 11.3 Å². The fourth-order valence-electron chi connectivity index (χ4n) is 24.1. The van der Waals surface area contributed by atoms with Gasteiger partial charge in [-0.1, -0.05) is 369 Å². The van der Waals surface area contributed by atoms with Gasteiger partial charge in [-0.2, -0.15) is 0 Å². The summed E-state index contributed by atoms with van der Waals surface area (Å²) < 4.78 is 16.3. The molecule has 0 amide bonds. The average Bonchev–Trinajstić information content (AvgIpc) is 1.54. The lowest BCUT2D eigenvalue weighted by Crippen LogP contribution is -2.50. The fraction of sp³-hybridized carbons (Fsp3) is 0.0698. The number of nitrogens with zero attached hydrogens (tertiary/aromatic N) is 9. The van der Waals surface area contributed by atoms with E-state index in [9.17, 15) is 0 Å². The molecule has 0 saturated heterocycles. The minimum absolute atomic E-state index is 0.0670. The van der Waals surface area contributed by atoms with Crippen molar-refractivity contribution < 1.29 is 4.42 Å². The first-order chi connectivity index (χ1) is 69.9. The molecular formula is C129H93N9OSSi3. The van der Waals surface area contributed by atoms with Gasteiger partial charge in [0.2, 0.25) is 0 Å². The molecule has 678 valence electrons. The third kappa shape index (κ3) is 12.9. The Balaban J connectivity index is 0.000000105. The first-order valence-electron chi connectivity index (χ1n) is 49.4. The number of fused-ring (bicyclic) bond motifs is 27. The summed E-state index contributed by atoms with van der Waals surface area (Å²) in [4.78, 5) is 32.0. The van der Waals surface area contributed by atoms with Crippen molar-refractivity contribution in [3.63, 3.8) is 0 Å². The van der Waals surface area contributed by atoms with E-state index in [-0.39, 0.29) is 5.41 Å². The summed E-state index contributed by atoms with van der Waals surface area (Å²) >= 11 is 1.87. The molecule has 0 bridgehead atoms. The third-order valence-corrected chi connectivity index (χ3v) is 42.2. The summed E-state index contributed by atoms with van der Waals surface area (Å²) in [5.41, 5.74) is 34.6. The zero-order valence-corrected chi connectivity index (χ0v) is 84.0. The molecule has 18 aromatic carbocycles. The predicted octanol–water partition coefficient (Wildman–Crippen LogP) is 29.7. The molecule has 0 atom stereocenters. The van der Waals surface area contributed by atoms with E-state index in [1.807, 2.05) is 41.7 Å². The van der Waals surface area contributed by atoms with Crippen molar-refractivity contribution in [2.24, 2.45) is 0 Å². The molecule has 0 saturated carbocycles. The van der Waals surface area contributed by atoms with Gasteiger partial charge in [-0.3, -0.25) is 0 Å². The molecule has 30 rings (SSSR count). The molecule has 0 radical (unpaired) electrons. The van der Waals surface area contributed by atoms with Gasteiger partial charge in [-0.15, -0.1) is 11.3 Å². The van der Waals surface area contributed by atoms with E-state index in [1.165, 1.54) is 162 Å². The van der Waals surface area contributed by atoms with Crippen LogP contribution in [0.15, 0.2) is 423 Å². The lowest BCUT2D eigenvalue weighted by molar-refractivity contribution is 0.661. The number of thiophene rings is 1. The van der Waals surface area contributed by atoms with Crippen molar-refractivity contribution >= 4 is 175 Å². The first-order valence-corrected chi connectivity index (χ1v) is 59.2. The molecule has 11 heterocycles. The quantitative estimate of drug-likeness (QED) is 0.133. The van der Waals surface area contributed by atoms with Gasteiger partial charge in [-0.05, 0) is 152 Å². The van der Waals surface area contributed by atoms with Gasteiger partial charge in [0.1, 0.15) is 35.4 Å². The van der Waals surface area contributed by atoms with Gasteiger partial charge in [0, 0.05) is 158 Å². The number of para-hydroxylation sites is 4. The topological polar surface area (TPSA) is 105 Å². The number of benzene rings is 18. The van der Waals surface area contributed by atoms with E-state index < -0.39 is 24.2 Å². The maximum Gasteiger partial charge on any atom is 0.159 e. The summed E-state index contributed by atoms with van der Waals surface area (Å²) in [6, 6.07) is 151. The van der Waals surface area contributed by atoms with Crippen LogP contribution in [0, 0.1) is 0 Å². The van der Waals surface area contributed by atoms with E-state index in [1.54, 1.807) is 0 Å². The largest absolute Gasteiger partial charge is 0.456 e. The van der Waals surface area contributed by atoms with Crippen LogP contribution in [0.5, 0.6) is 0 Å². The second-order valence-corrected chi connectivity index (χ2v) is 54.6. The second kappa shape index (κ2) is 31.9. The first kappa shape index (κ1) is 84.3. The third-order valence-electron chi connectivity index (χ3n) is 31.1. The molecule has 0 spiro atoms. The van der Waals surface area contributed by atoms with Crippen molar-refractivity contribution in [2.75, 3.05) is 0 Å². The summed E-state index contributed by atoms with van der Waals surface area (Å²) in [5.74, 6) is 2.37. The Morgan fingerprint density at radius 3 is 1.10 bits per heavy atom. The lowest BCUT2D eigenvalue weighted by Gasteiger charge is -2.21. The Labute approximate surface area is 834 Å². The number of hydrogen-bond donors (Lipinski definition) is 0. The van der Waals surface area contributed by atoms with Gasteiger partial charge in [-0.25, -0.2) is 29.9 Å². The zero-order valence-electron chi connectivity index (χ0n) is 80.2. The van der Waals surface area contributed by atoms with Crippen molar-refractivity contribution in [1.29, 1.82) is 0 Å². The zero-order chi connectivity index (χ0) is 95.6. The monoisotopic (exact) mass is 1900 g/mol. The maximum absolute atomic E-state index is 6.37. The van der Waals surface area contributed by atoms with Crippen LogP contribution in [0.25, 0.3) is 237 Å². The van der Waals surface area contributed by atoms with Crippen molar-refractivity contribution in [1.82, 2.24) is 43.6 Å². The molecule has 26 aromatic rings. The average molecular weight is 1900 g/mol. The highest BCUT2D eigenvalue weighted by Crippen LogP contribution is 2.53. The molecule has 1 aliphatic carbocycles. The van der Waals surface area contributed by atoms with Crippen LogP contribution in [0.2, 0.25) is 39.3 Å². The molecule has 3 aliphatic heterocycles. The highest BCUT2D eigenvalue weighted by atomic mass is 32.1. The standard InChI is InChI=1S/C45H35N3Si.C42H29N3OSi.C42H29N3SSi/c1-45(2)36-19-11-8-16-31(36)34-26-35-32-17-9-12-20-38(32)48(39(35)27-37(34)45)30-24-22-28(23-25-30)42-41-33-18-10-13-21-40(33)49(3,4)44(41)47-43(46-42)29-14-6-5-7-15-29;2*1-47(2)38-22-11-8-19-31(38)39-40(43-41(44-42(39)47)26-13-4-3-5-14-26)27-15-12-16-28(23-27)45-34-20-9-6-17-29(34)32-24-33-30-18-7-10-21-36(30)46-37(33)25-35(32)45/h5-27H,1-4H3;2*3-25H,1-2H3. The van der Waals surface area contributed by atoms with Gasteiger partial charge in [0.15, 0.2) is 17.5 Å². The Morgan fingerprint density at radius 1 is 0.231 bits per heavy atom.